The van der Waals surface area contributed by atoms with Crippen LogP contribution in [0.5, 0.6) is 5.75 Å². The molecular weight excluding hydrogens is 210 g/mol. The lowest BCUT2D eigenvalue weighted by Crippen LogP contribution is -2.09. The Labute approximate surface area is 96.1 Å². The lowest BCUT2D eigenvalue weighted by molar-refractivity contribution is 0.475. The SMILES string of the molecule is CCCCC[C@@H](N)c1ccc(O)c(Cl)c1. The smallest absolute Gasteiger partial charge is 0.134 e. The maximum atomic E-state index is 9.27. The van der Waals surface area contributed by atoms with Gasteiger partial charge in [0.2, 0.25) is 0 Å². The Morgan fingerprint density at radius 1 is 1.40 bits per heavy atom. The van der Waals surface area contributed by atoms with Crippen LogP contribution in [-0.4, -0.2) is 5.11 Å². The Bertz CT molecular complexity index is 314. The minimum absolute atomic E-state index is 0.0228. The number of benzene rings is 1. The minimum atomic E-state index is 0.0228. The second-order valence-electron chi connectivity index (χ2n) is 3.81. The molecule has 0 saturated carbocycles. The molecule has 15 heavy (non-hydrogen) atoms. The molecule has 2 nitrogen and oxygen atoms in total. The third-order valence-corrected chi connectivity index (χ3v) is 2.82. The topological polar surface area (TPSA) is 46.2 Å². The Morgan fingerprint density at radius 3 is 2.73 bits per heavy atom. The molecule has 0 bridgehead atoms. The predicted molar refractivity (Wildman–Crippen MR) is 64.2 cm³/mol. The van der Waals surface area contributed by atoms with Crippen LogP contribution in [0.2, 0.25) is 5.02 Å². The molecule has 1 aromatic rings. The van der Waals surface area contributed by atoms with E-state index in [1.165, 1.54) is 12.8 Å². The van der Waals surface area contributed by atoms with Gasteiger partial charge in [-0.05, 0) is 24.1 Å². The molecule has 1 rings (SSSR count). The van der Waals surface area contributed by atoms with Gasteiger partial charge in [-0.3, -0.25) is 0 Å². The Hall–Kier alpha value is -0.730. The van der Waals surface area contributed by atoms with Crippen LogP contribution < -0.4 is 5.73 Å². The van der Waals surface area contributed by atoms with Gasteiger partial charge in [0.15, 0.2) is 0 Å². The highest BCUT2D eigenvalue weighted by Gasteiger charge is 2.07. The summed E-state index contributed by atoms with van der Waals surface area (Å²) in [6, 6.07) is 5.19. The summed E-state index contributed by atoms with van der Waals surface area (Å²) >= 11 is 5.81. The Balaban J connectivity index is 2.57. The van der Waals surface area contributed by atoms with Crippen LogP contribution in [0.25, 0.3) is 0 Å². The van der Waals surface area contributed by atoms with Crippen molar-refractivity contribution in [3.63, 3.8) is 0 Å². The third kappa shape index (κ3) is 3.73. The molecule has 0 aromatic heterocycles. The van der Waals surface area contributed by atoms with Crippen molar-refractivity contribution in [3.8, 4) is 5.75 Å². The van der Waals surface area contributed by atoms with Gasteiger partial charge in [0.25, 0.3) is 0 Å². The summed E-state index contributed by atoms with van der Waals surface area (Å²) in [5, 5.41) is 9.64. The standard InChI is InChI=1S/C12H18ClNO/c1-2-3-4-5-11(14)9-6-7-12(15)10(13)8-9/h6-8,11,15H,2-5,14H2,1H3/t11-/m1/s1. The molecular formula is C12H18ClNO. The normalized spacial score (nSPS) is 12.7. The molecule has 0 spiro atoms. The molecule has 0 aliphatic heterocycles. The van der Waals surface area contributed by atoms with E-state index in [9.17, 15) is 5.11 Å². The van der Waals surface area contributed by atoms with Crippen LogP contribution in [0, 0.1) is 0 Å². The van der Waals surface area contributed by atoms with Crippen molar-refractivity contribution in [2.75, 3.05) is 0 Å². The van der Waals surface area contributed by atoms with Gasteiger partial charge in [0.1, 0.15) is 5.75 Å². The van der Waals surface area contributed by atoms with Crippen molar-refractivity contribution in [2.45, 2.75) is 38.6 Å². The molecule has 1 atom stereocenters. The lowest BCUT2D eigenvalue weighted by atomic mass is 10.0. The van der Waals surface area contributed by atoms with E-state index in [0.717, 1.165) is 18.4 Å². The number of phenols is 1. The first-order chi connectivity index (χ1) is 7.15. The van der Waals surface area contributed by atoms with E-state index in [1.54, 1.807) is 12.1 Å². The van der Waals surface area contributed by atoms with Crippen molar-refractivity contribution < 1.29 is 5.11 Å². The average Bonchev–Trinajstić information content (AvgIpc) is 2.22. The fourth-order valence-electron chi connectivity index (χ4n) is 1.53. The predicted octanol–water partition coefficient (Wildman–Crippen LogP) is 3.63. The highest BCUT2D eigenvalue weighted by molar-refractivity contribution is 6.32. The van der Waals surface area contributed by atoms with Crippen LogP contribution in [-0.2, 0) is 0 Å². The first kappa shape index (κ1) is 12.3. The van der Waals surface area contributed by atoms with E-state index >= 15 is 0 Å². The number of halogens is 1. The van der Waals surface area contributed by atoms with Crippen molar-refractivity contribution in [2.24, 2.45) is 5.73 Å². The number of aromatic hydroxyl groups is 1. The van der Waals surface area contributed by atoms with Gasteiger partial charge in [-0.1, -0.05) is 43.9 Å². The molecule has 0 saturated heterocycles. The fraction of sp³-hybridized carbons (Fsp3) is 0.500. The lowest BCUT2D eigenvalue weighted by Gasteiger charge is -2.12. The zero-order chi connectivity index (χ0) is 11.3. The largest absolute Gasteiger partial charge is 0.506 e. The summed E-state index contributed by atoms with van der Waals surface area (Å²) in [6.07, 6.45) is 4.51. The number of hydrogen-bond acceptors (Lipinski definition) is 2. The molecule has 0 heterocycles. The van der Waals surface area contributed by atoms with Gasteiger partial charge in [0, 0.05) is 6.04 Å². The molecule has 0 amide bonds. The zero-order valence-corrected chi connectivity index (χ0v) is 9.80. The van der Waals surface area contributed by atoms with Crippen LogP contribution in [0.4, 0.5) is 0 Å². The quantitative estimate of drug-likeness (QED) is 0.755. The number of rotatable bonds is 5. The monoisotopic (exact) mass is 227 g/mol. The number of unbranched alkanes of at least 4 members (excludes halogenated alkanes) is 2. The highest BCUT2D eigenvalue weighted by atomic mass is 35.5. The number of nitrogens with two attached hydrogens (primary N) is 1. The van der Waals surface area contributed by atoms with Gasteiger partial charge in [-0.2, -0.15) is 0 Å². The molecule has 3 heteroatoms. The molecule has 84 valence electrons. The number of hydrogen-bond donors (Lipinski definition) is 2. The van der Waals surface area contributed by atoms with E-state index < -0.39 is 0 Å². The highest BCUT2D eigenvalue weighted by Crippen LogP contribution is 2.27. The molecule has 1 aromatic carbocycles. The van der Waals surface area contributed by atoms with Gasteiger partial charge in [-0.15, -0.1) is 0 Å². The van der Waals surface area contributed by atoms with Gasteiger partial charge in [0.05, 0.1) is 5.02 Å². The molecule has 0 aliphatic carbocycles. The van der Waals surface area contributed by atoms with E-state index in [4.69, 9.17) is 17.3 Å². The van der Waals surface area contributed by atoms with Crippen molar-refractivity contribution >= 4 is 11.6 Å². The molecule has 0 fully saturated rings. The van der Waals surface area contributed by atoms with Crippen LogP contribution >= 0.6 is 11.6 Å². The second-order valence-corrected chi connectivity index (χ2v) is 4.22. The summed E-state index contributed by atoms with van der Waals surface area (Å²) in [6.45, 7) is 2.17. The van der Waals surface area contributed by atoms with E-state index in [-0.39, 0.29) is 11.8 Å². The maximum Gasteiger partial charge on any atom is 0.134 e. The van der Waals surface area contributed by atoms with E-state index in [2.05, 4.69) is 6.92 Å². The summed E-state index contributed by atoms with van der Waals surface area (Å²) in [7, 11) is 0. The average molecular weight is 228 g/mol. The van der Waals surface area contributed by atoms with E-state index in [1.807, 2.05) is 6.07 Å². The van der Waals surface area contributed by atoms with Gasteiger partial charge < -0.3 is 10.8 Å². The van der Waals surface area contributed by atoms with Crippen molar-refractivity contribution in [1.29, 1.82) is 0 Å². The first-order valence-corrected chi connectivity index (χ1v) is 5.77. The van der Waals surface area contributed by atoms with E-state index in [0.29, 0.717) is 5.02 Å². The Kier molecular flexibility index (Phi) is 4.92. The maximum absolute atomic E-state index is 9.27. The first-order valence-electron chi connectivity index (χ1n) is 5.39. The Morgan fingerprint density at radius 2 is 2.13 bits per heavy atom. The molecule has 0 unspecified atom stereocenters. The van der Waals surface area contributed by atoms with Gasteiger partial charge >= 0.3 is 0 Å². The zero-order valence-electron chi connectivity index (χ0n) is 9.04. The fourth-order valence-corrected chi connectivity index (χ4v) is 1.72. The van der Waals surface area contributed by atoms with Crippen LogP contribution in [0.1, 0.15) is 44.2 Å². The molecule has 0 radical (unpaired) electrons. The van der Waals surface area contributed by atoms with Crippen molar-refractivity contribution in [3.05, 3.63) is 28.8 Å². The summed E-state index contributed by atoms with van der Waals surface area (Å²) in [4.78, 5) is 0. The summed E-state index contributed by atoms with van der Waals surface area (Å²) < 4.78 is 0. The molecule has 3 N–H and O–H groups in total. The number of phenolic OH excluding ortho intramolecular Hbond substituents is 1. The van der Waals surface area contributed by atoms with Gasteiger partial charge in [-0.25, -0.2) is 0 Å². The van der Waals surface area contributed by atoms with Crippen molar-refractivity contribution in [1.82, 2.24) is 0 Å². The minimum Gasteiger partial charge on any atom is -0.506 e. The van der Waals surface area contributed by atoms with Crippen LogP contribution in [0.3, 0.4) is 0 Å². The second kappa shape index (κ2) is 5.99. The van der Waals surface area contributed by atoms with Crippen LogP contribution in [0.15, 0.2) is 18.2 Å². The third-order valence-electron chi connectivity index (χ3n) is 2.52. The molecule has 0 aliphatic rings. The summed E-state index contributed by atoms with van der Waals surface area (Å²) in [5.74, 6) is 0.112. The summed E-state index contributed by atoms with van der Waals surface area (Å²) in [5.41, 5.74) is 7.01.